The van der Waals surface area contributed by atoms with Crippen molar-refractivity contribution < 1.29 is 18.7 Å². The smallest absolute Gasteiger partial charge is 0.223 e. The van der Waals surface area contributed by atoms with Crippen LogP contribution in [-0.4, -0.2) is 34.6 Å². The number of carbonyl (C=O) groups excluding carboxylic acids is 1. The highest BCUT2D eigenvalue weighted by Crippen LogP contribution is 2.13. The summed E-state index contributed by atoms with van der Waals surface area (Å²) in [6.07, 6.45) is -0.385. The fraction of sp³-hybridized carbons (Fsp3) is 0.533. The zero-order chi connectivity index (χ0) is 15.3. The molecule has 0 radical (unpaired) electrons. The summed E-state index contributed by atoms with van der Waals surface area (Å²) in [6.45, 7) is 5.54. The maximum atomic E-state index is 13.5. The van der Waals surface area contributed by atoms with Gasteiger partial charge in [-0.15, -0.1) is 0 Å². The van der Waals surface area contributed by atoms with Gasteiger partial charge in [0.1, 0.15) is 11.6 Å². The Hall–Kier alpha value is -1.49. The molecule has 5 heteroatoms. The molecule has 112 valence electrons. The highest BCUT2D eigenvalue weighted by Gasteiger charge is 2.19. The summed E-state index contributed by atoms with van der Waals surface area (Å²) in [4.78, 5) is 13.6. The van der Waals surface area contributed by atoms with Crippen LogP contribution in [0.2, 0.25) is 0 Å². The fourth-order valence-corrected chi connectivity index (χ4v) is 2.01. The van der Waals surface area contributed by atoms with E-state index in [0.717, 1.165) is 18.2 Å². The van der Waals surface area contributed by atoms with Gasteiger partial charge in [-0.25, -0.2) is 8.78 Å². The van der Waals surface area contributed by atoms with E-state index in [2.05, 4.69) is 0 Å². The number of carbonyl (C=O) groups is 1. The minimum Gasteiger partial charge on any atom is -0.392 e. The van der Waals surface area contributed by atoms with Crippen LogP contribution in [0.4, 0.5) is 8.78 Å². The number of benzene rings is 1. The number of hydrogen-bond acceptors (Lipinski definition) is 2. The van der Waals surface area contributed by atoms with Crippen LogP contribution in [0.15, 0.2) is 18.2 Å². The van der Waals surface area contributed by atoms with Crippen LogP contribution in [0.25, 0.3) is 0 Å². The Bertz CT molecular complexity index is 461. The van der Waals surface area contributed by atoms with Gasteiger partial charge in [0.25, 0.3) is 0 Å². The number of hydrogen-bond donors (Lipinski definition) is 1. The molecule has 1 N–H and O–H groups in total. The van der Waals surface area contributed by atoms with Crippen molar-refractivity contribution in [2.45, 2.75) is 45.8 Å². The predicted molar refractivity (Wildman–Crippen MR) is 73.2 cm³/mol. The van der Waals surface area contributed by atoms with Gasteiger partial charge in [0.2, 0.25) is 5.91 Å². The van der Waals surface area contributed by atoms with Crippen molar-refractivity contribution in [2.75, 3.05) is 6.54 Å². The zero-order valence-corrected chi connectivity index (χ0v) is 12.1. The molecule has 0 heterocycles. The van der Waals surface area contributed by atoms with Gasteiger partial charge in [-0.2, -0.15) is 0 Å². The van der Waals surface area contributed by atoms with Gasteiger partial charge < -0.3 is 10.0 Å². The van der Waals surface area contributed by atoms with Gasteiger partial charge in [-0.3, -0.25) is 4.79 Å². The molecule has 1 aromatic carbocycles. The maximum Gasteiger partial charge on any atom is 0.223 e. The van der Waals surface area contributed by atoms with Gasteiger partial charge in [-0.05, 0) is 51.0 Å². The lowest BCUT2D eigenvalue weighted by Crippen LogP contribution is -2.41. The molecule has 0 spiro atoms. The Morgan fingerprint density at radius 3 is 2.50 bits per heavy atom. The first kappa shape index (κ1) is 16.6. The standard InChI is InChI=1S/C15H21F2NO2/c1-10(2)18(9-11(3)19)15(20)7-4-12-8-13(16)5-6-14(12)17/h5-6,8,10-11,19H,4,7,9H2,1-3H3. The lowest BCUT2D eigenvalue weighted by molar-refractivity contribution is -0.134. The summed E-state index contributed by atoms with van der Waals surface area (Å²) in [7, 11) is 0. The third-order valence-electron chi connectivity index (χ3n) is 3.02. The first-order valence-corrected chi connectivity index (χ1v) is 6.72. The number of amides is 1. The fourth-order valence-electron chi connectivity index (χ4n) is 2.01. The summed E-state index contributed by atoms with van der Waals surface area (Å²) < 4.78 is 26.5. The van der Waals surface area contributed by atoms with Gasteiger partial charge in [0, 0.05) is 19.0 Å². The average Bonchev–Trinajstić information content (AvgIpc) is 2.36. The molecule has 0 aliphatic rings. The topological polar surface area (TPSA) is 40.5 Å². The molecule has 1 aromatic rings. The van der Waals surface area contributed by atoms with Crippen LogP contribution in [0.5, 0.6) is 0 Å². The van der Waals surface area contributed by atoms with Crippen LogP contribution in [0, 0.1) is 11.6 Å². The molecule has 1 atom stereocenters. The van der Waals surface area contributed by atoms with Crippen LogP contribution in [0.1, 0.15) is 32.8 Å². The Balaban J connectivity index is 2.67. The van der Waals surface area contributed by atoms with Crippen molar-refractivity contribution in [3.05, 3.63) is 35.4 Å². The zero-order valence-electron chi connectivity index (χ0n) is 12.1. The van der Waals surface area contributed by atoms with E-state index in [1.807, 2.05) is 13.8 Å². The van der Waals surface area contributed by atoms with Crippen molar-refractivity contribution in [3.8, 4) is 0 Å². The second kappa shape index (κ2) is 7.33. The minimum atomic E-state index is -0.618. The number of rotatable bonds is 6. The second-order valence-corrected chi connectivity index (χ2v) is 5.22. The number of halogens is 2. The minimum absolute atomic E-state index is 0.0468. The molecule has 0 aromatic heterocycles. The van der Waals surface area contributed by atoms with Crippen molar-refractivity contribution >= 4 is 5.91 Å². The molecule has 0 aliphatic carbocycles. The molecule has 0 saturated carbocycles. The Morgan fingerprint density at radius 2 is 1.95 bits per heavy atom. The van der Waals surface area contributed by atoms with Crippen molar-refractivity contribution in [3.63, 3.8) is 0 Å². The Morgan fingerprint density at radius 1 is 1.30 bits per heavy atom. The largest absolute Gasteiger partial charge is 0.392 e. The van der Waals surface area contributed by atoms with Crippen LogP contribution < -0.4 is 0 Å². The van der Waals surface area contributed by atoms with E-state index in [1.54, 1.807) is 11.8 Å². The van der Waals surface area contributed by atoms with E-state index in [-0.39, 0.29) is 36.9 Å². The highest BCUT2D eigenvalue weighted by atomic mass is 19.1. The van der Waals surface area contributed by atoms with E-state index in [4.69, 9.17) is 0 Å². The molecular weight excluding hydrogens is 264 g/mol. The Labute approximate surface area is 118 Å². The van der Waals surface area contributed by atoms with Crippen molar-refractivity contribution in [1.29, 1.82) is 0 Å². The summed E-state index contributed by atoms with van der Waals surface area (Å²) in [5.74, 6) is -1.20. The molecule has 1 unspecified atom stereocenters. The quantitative estimate of drug-likeness (QED) is 0.872. The molecule has 20 heavy (non-hydrogen) atoms. The molecule has 0 aliphatic heterocycles. The first-order valence-electron chi connectivity index (χ1n) is 6.72. The van der Waals surface area contributed by atoms with Crippen LogP contribution >= 0.6 is 0 Å². The Kier molecular flexibility index (Phi) is 6.07. The van der Waals surface area contributed by atoms with E-state index in [0.29, 0.717) is 0 Å². The second-order valence-electron chi connectivity index (χ2n) is 5.22. The lowest BCUT2D eigenvalue weighted by atomic mass is 10.1. The van der Waals surface area contributed by atoms with Crippen molar-refractivity contribution in [2.24, 2.45) is 0 Å². The molecule has 0 fully saturated rings. The number of aryl methyl sites for hydroxylation is 1. The van der Waals surface area contributed by atoms with Crippen LogP contribution in [0.3, 0.4) is 0 Å². The molecule has 0 bridgehead atoms. The number of nitrogens with zero attached hydrogens (tertiary/aromatic N) is 1. The van der Waals surface area contributed by atoms with E-state index in [9.17, 15) is 18.7 Å². The van der Waals surface area contributed by atoms with Gasteiger partial charge in [0.15, 0.2) is 0 Å². The first-order chi connectivity index (χ1) is 9.31. The third-order valence-corrected chi connectivity index (χ3v) is 3.02. The van der Waals surface area contributed by atoms with Gasteiger partial charge >= 0.3 is 0 Å². The van der Waals surface area contributed by atoms with Crippen molar-refractivity contribution in [1.82, 2.24) is 4.90 Å². The highest BCUT2D eigenvalue weighted by molar-refractivity contribution is 5.76. The third kappa shape index (κ3) is 4.89. The van der Waals surface area contributed by atoms with Gasteiger partial charge in [0.05, 0.1) is 6.10 Å². The molecule has 1 amide bonds. The van der Waals surface area contributed by atoms with Crippen LogP contribution in [-0.2, 0) is 11.2 Å². The average molecular weight is 285 g/mol. The summed E-state index contributed by atoms with van der Waals surface area (Å²) in [5.41, 5.74) is 0.194. The summed E-state index contributed by atoms with van der Waals surface area (Å²) >= 11 is 0. The summed E-state index contributed by atoms with van der Waals surface area (Å²) in [6, 6.07) is 3.17. The molecular formula is C15H21F2NO2. The van der Waals surface area contributed by atoms with E-state index in [1.165, 1.54) is 0 Å². The SMILES string of the molecule is CC(O)CN(C(=O)CCc1cc(F)ccc1F)C(C)C. The number of aliphatic hydroxyl groups is 1. The van der Waals surface area contributed by atoms with E-state index < -0.39 is 17.7 Å². The maximum absolute atomic E-state index is 13.5. The number of aliphatic hydroxyl groups excluding tert-OH is 1. The molecule has 0 saturated heterocycles. The normalized spacial score (nSPS) is 12.6. The monoisotopic (exact) mass is 285 g/mol. The summed E-state index contributed by atoms with van der Waals surface area (Å²) in [5, 5.41) is 9.38. The van der Waals surface area contributed by atoms with E-state index >= 15 is 0 Å². The lowest BCUT2D eigenvalue weighted by Gasteiger charge is -2.28. The van der Waals surface area contributed by atoms with Gasteiger partial charge in [-0.1, -0.05) is 0 Å². The predicted octanol–water partition coefficient (Wildman–Crippen LogP) is 2.52. The molecule has 3 nitrogen and oxygen atoms in total. The molecule has 1 rings (SSSR count).